The minimum Gasteiger partial charge on any atom is -0.507 e. The normalized spacial score (nSPS) is 17.6. The van der Waals surface area contributed by atoms with Gasteiger partial charge < -0.3 is 10.2 Å². The van der Waals surface area contributed by atoms with Gasteiger partial charge >= 0.3 is 5.97 Å². The van der Waals surface area contributed by atoms with E-state index in [-0.39, 0.29) is 22.6 Å². The molecule has 0 radical (unpaired) electrons. The van der Waals surface area contributed by atoms with Crippen LogP contribution in [0.4, 0.5) is 5.69 Å². The molecule has 2 N–H and O–H groups in total. The van der Waals surface area contributed by atoms with E-state index in [0.717, 1.165) is 10.0 Å². The van der Waals surface area contributed by atoms with E-state index in [9.17, 15) is 24.6 Å². The van der Waals surface area contributed by atoms with E-state index in [1.165, 1.54) is 23.1 Å². The fourth-order valence-corrected chi connectivity index (χ4v) is 3.98. The molecule has 0 saturated carbocycles. The van der Waals surface area contributed by atoms with Crippen molar-refractivity contribution < 1.29 is 24.6 Å². The number of Topliss-reactive ketones (excluding diaryl/α,β-unsaturated/α-hetero) is 1. The number of rotatable bonds is 4. The van der Waals surface area contributed by atoms with Crippen LogP contribution >= 0.6 is 15.9 Å². The Labute approximate surface area is 192 Å². The Morgan fingerprint density at radius 1 is 0.906 bits per heavy atom. The first-order chi connectivity index (χ1) is 15.3. The zero-order valence-corrected chi connectivity index (χ0v) is 18.5. The van der Waals surface area contributed by atoms with Crippen LogP contribution in [0.3, 0.4) is 0 Å². The fraction of sp³-hybridized carbons (Fsp3) is 0.0800. The van der Waals surface area contributed by atoms with Crippen LogP contribution in [-0.2, 0) is 9.59 Å². The number of aryl methyl sites for hydroxylation is 1. The molecule has 4 rings (SSSR count). The molecule has 7 heteroatoms. The monoisotopic (exact) mass is 491 g/mol. The second kappa shape index (κ2) is 8.43. The summed E-state index contributed by atoms with van der Waals surface area (Å²) in [7, 11) is 0. The fourth-order valence-electron chi connectivity index (χ4n) is 3.72. The molecule has 0 unspecified atom stereocenters. The van der Waals surface area contributed by atoms with Gasteiger partial charge in [-0.2, -0.15) is 0 Å². The highest BCUT2D eigenvalue weighted by Crippen LogP contribution is 2.42. The number of hydrogen-bond acceptors (Lipinski definition) is 4. The van der Waals surface area contributed by atoms with E-state index in [1.807, 2.05) is 6.92 Å². The lowest BCUT2D eigenvalue weighted by Gasteiger charge is -2.25. The Balaban J connectivity index is 1.94. The van der Waals surface area contributed by atoms with Crippen LogP contribution in [0.2, 0.25) is 0 Å². The summed E-state index contributed by atoms with van der Waals surface area (Å²) in [5.74, 6) is -3.11. The highest BCUT2D eigenvalue weighted by molar-refractivity contribution is 9.10. The summed E-state index contributed by atoms with van der Waals surface area (Å²) in [5.41, 5.74) is 2.18. The van der Waals surface area contributed by atoms with Gasteiger partial charge in [0, 0.05) is 15.7 Å². The summed E-state index contributed by atoms with van der Waals surface area (Å²) < 4.78 is 0.810. The van der Waals surface area contributed by atoms with Gasteiger partial charge in [0.05, 0.1) is 17.2 Å². The Hall–Kier alpha value is -3.71. The van der Waals surface area contributed by atoms with Crippen LogP contribution < -0.4 is 4.90 Å². The van der Waals surface area contributed by atoms with E-state index >= 15 is 0 Å². The van der Waals surface area contributed by atoms with Gasteiger partial charge in [0.2, 0.25) is 0 Å². The van der Waals surface area contributed by atoms with Crippen molar-refractivity contribution in [3.05, 3.63) is 105 Å². The quantitative estimate of drug-likeness (QED) is 0.301. The first-order valence-electron chi connectivity index (χ1n) is 9.75. The number of carbonyl (C=O) groups is 3. The summed E-state index contributed by atoms with van der Waals surface area (Å²) in [6, 6.07) is 18.9. The number of carboxylic acids is 1. The minimum atomic E-state index is -1.15. The Bertz CT molecular complexity index is 1260. The second-order valence-corrected chi connectivity index (χ2v) is 8.36. The lowest BCUT2D eigenvalue weighted by atomic mass is 9.95. The van der Waals surface area contributed by atoms with Gasteiger partial charge in [0.25, 0.3) is 11.7 Å². The van der Waals surface area contributed by atoms with E-state index in [4.69, 9.17) is 0 Å². The molecule has 1 aliphatic rings. The number of benzene rings is 3. The molecule has 0 spiro atoms. The maximum absolute atomic E-state index is 13.1. The smallest absolute Gasteiger partial charge is 0.335 e. The Morgan fingerprint density at radius 2 is 1.56 bits per heavy atom. The van der Waals surface area contributed by atoms with Gasteiger partial charge in [-0.1, -0.05) is 64.0 Å². The highest BCUT2D eigenvalue weighted by atomic mass is 79.9. The Kier molecular flexibility index (Phi) is 5.67. The number of halogens is 1. The molecule has 1 heterocycles. The molecule has 3 aromatic rings. The number of amides is 1. The third kappa shape index (κ3) is 3.83. The van der Waals surface area contributed by atoms with Crippen molar-refractivity contribution >= 4 is 45.0 Å². The van der Waals surface area contributed by atoms with E-state index in [0.29, 0.717) is 11.1 Å². The third-order valence-electron chi connectivity index (χ3n) is 5.33. The van der Waals surface area contributed by atoms with Crippen LogP contribution in [0, 0.1) is 6.92 Å². The minimum absolute atomic E-state index is 0.0162. The molecule has 32 heavy (non-hydrogen) atoms. The third-order valence-corrected chi connectivity index (χ3v) is 5.86. The van der Waals surface area contributed by atoms with Gasteiger partial charge in [-0.3, -0.25) is 14.5 Å². The molecule has 1 saturated heterocycles. The number of nitrogens with zero attached hydrogens (tertiary/aromatic N) is 1. The number of anilines is 1. The number of aliphatic hydroxyl groups excluding tert-OH is 1. The SMILES string of the molecule is Cc1ccc(/C(O)=C2\C(=O)C(=O)N(c3cccc(C(=O)O)c3)[C@@H]2c2ccc(Br)cc2)cc1. The molecule has 0 aromatic heterocycles. The lowest BCUT2D eigenvalue weighted by Crippen LogP contribution is -2.29. The van der Waals surface area contributed by atoms with Crippen LogP contribution in [0.25, 0.3) is 5.76 Å². The average Bonchev–Trinajstić information content (AvgIpc) is 3.05. The van der Waals surface area contributed by atoms with Gasteiger partial charge in [0.15, 0.2) is 0 Å². The number of aromatic carboxylic acids is 1. The van der Waals surface area contributed by atoms with E-state index in [1.54, 1.807) is 54.6 Å². The summed E-state index contributed by atoms with van der Waals surface area (Å²) >= 11 is 3.38. The van der Waals surface area contributed by atoms with Crippen molar-refractivity contribution in [3.8, 4) is 0 Å². The molecule has 160 valence electrons. The van der Waals surface area contributed by atoms with Crippen LogP contribution in [0.1, 0.15) is 33.1 Å². The average molecular weight is 492 g/mol. The summed E-state index contributed by atoms with van der Waals surface area (Å²) in [4.78, 5) is 38.9. The zero-order chi connectivity index (χ0) is 23.0. The van der Waals surface area contributed by atoms with Crippen LogP contribution in [0.15, 0.2) is 82.8 Å². The standard InChI is InChI=1S/C25H18BrNO5/c1-14-5-7-16(8-6-14)22(28)20-21(15-9-11-18(26)12-10-15)27(24(30)23(20)29)19-4-2-3-17(13-19)25(31)32/h2-13,21,28H,1H3,(H,31,32)/b22-20+/t21-/m1/s1. The number of ketones is 1. The second-order valence-electron chi connectivity index (χ2n) is 7.44. The highest BCUT2D eigenvalue weighted by Gasteiger charge is 2.47. The van der Waals surface area contributed by atoms with Gasteiger partial charge in [-0.15, -0.1) is 0 Å². The molecule has 6 nitrogen and oxygen atoms in total. The van der Waals surface area contributed by atoms with Crippen molar-refractivity contribution in [1.29, 1.82) is 0 Å². The molecule has 0 aliphatic carbocycles. The van der Waals surface area contributed by atoms with Crippen molar-refractivity contribution in [2.75, 3.05) is 4.90 Å². The zero-order valence-electron chi connectivity index (χ0n) is 16.9. The lowest BCUT2D eigenvalue weighted by molar-refractivity contribution is -0.132. The predicted octanol–water partition coefficient (Wildman–Crippen LogP) is 5.08. The maximum Gasteiger partial charge on any atom is 0.335 e. The number of hydrogen-bond donors (Lipinski definition) is 2. The van der Waals surface area contributed by atoms with Crippen molar-refractivity contribution in [3.63, 3.8) is 0 Å². The predicted molar refractivity (Wildman–Crippen MR) is 124 cm³/mol. The first-order valence-corrected chi connectivity index (χ1v) is 10.5. The van der Waals surface area contributed by atoms with Crippen molar-refractivity contribution in [2.24, 2.45) is 0 Å². The number of carboxylic acid groups (broad SMARTS) is 1. The molecule has 0 bridgehead atoms. The molecular weight excluding hydrogens is 474 g/mol. The van der Waals surface area contributed by atoms with E-state index < -0.39 is 23.7 Å². The molecule has 1 fully saturated rings. The first kappa shape index (κ1) is 21.5. The summed E-state index contributed by atoms with van der Waals surface area (Å²) in [5, 5.41) is 20.4. The molecule has 1 aliphatic heterocycles. The molecular formula is C25H18BrNO5. The van der Waals surface area contributed by atoms with Crippen molar-refractivity contribution in [1.82, 2.24) is 0 Å². The summed E-state index contributed by atoms with van der Waals surface area (Å²) in [6.07, 6.45) is 0. The molecule has 3 aromatic carbocycles. The van der Waals surface area contributed by atoms with Crippen LogP contribution in [-0.4, -0.2) is 27.9 Å². The van der Waals surface area contributed by atoms with Gasteiger partial charge in [-0.05, 0) is 42.8 Å². The molecule has 1 amide bonds. The Morgan fingerprint density at radius 3 is 2.19 bits per heavy atom. The van der Waals surface area contributed by atoms with E-state index in [2.05, 4.69) is 15.9 Å². The number of aliphatic hydroxyl groups is 1. The largest absolute Gasteiger partial charge is 0.507 e. The molecule has 1 atom stereocenters. The maximum atomic E-state index is 13.1. The topological polar surface area (TPSA) is 94.9 Å². The number of carbonyl (C=O) groups excluding carboxylic acids is 2. The van der Waals surface area contributed by atoms with Crippen molar-refractivity contribution in [2.45, 2.75) is 13.0 Å². The van der Waals surface area contributed by atoms with Crippen LogP contribution in [0.5, 0.6) is 0 Å². The summed E-state index contributed by atoms with van der Waals surface area (Å²) in [6.45, 7) is 1.90. The van der Waals surface area contributed by atoms with Gasteiger partial charge in [-0.25, -0.2) is 4.79 Å². The van der Waals surface area contributed by atoms with Gasteiger partial charge in [0.1, 0.15) is 5.76 Å².